The molecule has 0 unspecified atom stereocenters. The van der Waals surface area contributed by atoms with Crippen molar-refractivity contribution < 1.29 is 4.55 Å². The molecule has 0 radical (unpaired) electrons. The van der Waals surface area contributed by atoms with Crippen LogP contribution in [0.3, 0.4) is 0 Å². The summed E-state index contributed by atoms with van der Waals surface area (Å²) >= 11 is -0.750. The highest BCUT2D eigenvalue weighted by Crippen LogP contribution is 2.37. The molecule has 96 valence electrons. The fourth-order valence-corrected chi connectivity index (χ4v) is 4.42. The van der Waals surface area contributed by atoms with E-state index in [4.69, 9.17) is 0 Å². The van der Waals surface area contributed by atoms with Crippen LogP contribution in [0.25, 0.3) is 0 Å². The molecule has 0 bridgehead atoms. The molecule has 0 saturated carbocycles. The molecule has 2 atom stereocenters. The summed E-state index contributed by atoms with van der Waals surface area (Å²) in [5.74, 6) is 0.791. The van der Waals surface area contributed by atoms with Gasteiger partial charge in [0.2, 0.25) is 0 Å². The molecule has 1 aliphatic rings. The molecule has 1 aromatic carbocycles. The molecule has 17 heavy (non-hydrogen) atoms. The van der Waals surface area contributed by atoms with Gasteiger partial charge in [-0.2, -0.15) is 0 Å². The predicted molar refractivity (Wildman–Crippen MR) is 76.2 cm³/mol. The summed E-state index contributed by atoms with van der Waals surface area (Å²) in [6.07, 6.45) is 0.938. The van der Waals surface area contributed by atoms with Crippen LogP contribution < -0.4 is 0 Å². The second-order valence-electron chi connectivity index (χ2n) is 4.50. The van der Waals surface area contributed by atoms with Gasteiger partial charge in [-0.15, -0.1) is 12.4 Å². The molecule has 1 heterocycles. The molecule has 1 fully saturated rings. The summed E-state index contributed by atoms with van der Waals surface area (Å²) in [7, 11) is 2.11. The quantitative estimate of drug-likeness (QED) is 0.774. The van der Waals surface area contributed by atoms with Gasteiger partial charge in [-0.25, -0.2) is 0 Å². The third-order valence-electron chi connectivity index (χ3n) is 3.49. The van der Waals surface area contributed by atoms with E-state index in [1.807, 2.05) is 18.2 Å². The van der Waals surface area contributed by atoms with Gasteiger partial charge < -0.3 is 4.55 Å². The van der Waals surface area contributed by atoms with Crippen LogP contribution in [-0.2, 0) is 15.9 Å². The first kappa shape index (κ1) is 14.8. The van der Waals surface area contributed by atoms with Crippen molar-refractivity contribution in [1.82, 2.24) is 4.90 Å². The summed E-state index contributed by atoms with van der Waals surface area (Å²) in [5, 5.41) is 0. The smallest absolute Gasteiger partial charge is 0.162 e. The Morgan fingerprint density at radius 2 is 2.00 bits per heavy atom. The Labute approximate surface area is 113 Å². The summed E-state index contributed by atoms with van der Waals surface area (Å²) < 4.78 is 12.2. The molecule has 1 aromatic rings. The third-order valence-corrected chi connectivity index (χ3v) is 5.57. The van der Waals surface area contributed by atoms with Crippen LogP contribution in [0.15, 0.2) is 30.3 Å². The summed E-state index contributed by atoms with van der Waals surface area (Å²) in [4.78, 5) is 2.29. The average Bonchev–Trinajstić information content (AvgIpc) is 2.33. The molecule has 1 aliphatic heterocycles. The molecular weight excluding hydrogens is 254 g/mol. The van der Waals surface area contributed by atoms with Gasteiger partial charge in [0.15, 0.2) is 4.75 Å². The SMILES string of the molecule is CC[C@@]1(c2ccccc2)CN(C)CC[S@@+]1[O-].Cl. The van der Waals surface area contributed by atoms with E-state index in [0.717, 1.165) is 25.3 Å². The van der Waals surface area contributed by atoms with Crippen LogP contribution in [0, 0.1) is 0 Å². The topological polar surface area (TPSA) is 26.3 Å². The minimum absolute atomic E-state index is 0. The monoisotopic (exact) mass is 273 g/mol. The molecule has 1 saturated heterocycles. The Hall–Kier alpha value is -0.220. The molecular formula is C13H20ClNOS. The maximum absolute atomic E-state index is 12.4. The van der Waals surface area contributed by atoms with E-state index in [9.17, 15) is 4.55 Å². The maximum atomic E-state index is 12.4. The van der Waals surface area contributed by atoms with Crippen molar-refractivity contribution in [2.24, 2.45) is 0 Å². The van der Waals surface area contributed by atoms with Crippen molar-refractivity contribution in [3.8, 4) is 0 Å². The van der Waals surface area contributed by atoms with Gasteiger partial charge in [-0.05, 0) is 18.2 Å². The van der Waals surface area contributed by atoms with Gasteiger partial charge in [0, 0.05) is 18.5 Å². The van der Waals surface area contributed by atoms with Gasteiger partial charge in [-0.3, -0.25) is 4.90 Å². The maximum Gasteiger partial charge on any atom is 0.162 e. The zero-order valence-electron chi connectivity index (χ0n) is 10.4. The molecule has 0 amide bonds. The van der Waals surface area contributed by atoms with Crippen LogP contribution in [0.4, 0.5) is 0 Å². The van der Waals surface area contributed by atoms with Crippen molar-refractivity contribution in [3.63, 3.8) is 0 Å². The van der Waals surface area contributed by atoms with Gasteiger partial charge in [-0.1, -0.05) is 37.3 Å². The van der Waals surface area contributed by atoms with Gasteiger partial charge >= 0.3 is 0 Å². The Bertz CT molecular complexity index is 349. The highest BCUT2D eigenvalue weighted by Gasteiger charge is 2.45. The molecule has 2 rings (SSSR count). The summed E-state index contributed by atoms with van der Waals surface area (Å²) in [5.41, 5.74) is 1.22. The average molecular weight is 274 g/mol. The highest BCUT2D eigenvalue weighted by atomic mass is 35.5. The van der Waals surface area contributed by atoms with Crippen LogP contribution in [-0.4, -0.2) is 35.3 Å². The Morgan fingerprint density at radius 3 is 2.59 bits per heavy atom. The van der Waals surface area contributed by atoms with Crippen LogP contribution >= 0.6 is 12.4 Å². The number of benzene rings is 1. The first-order chi connectivity index (χ1) is 7.69. The predicted octanol–water partition coefficient (Wildman–Crippen LogP) is 2.41. The molecule has 0 N–H and O–H groups in total. The Kier molecular flexibility index (Phi) is 5.32. The Balaban J connectivity index is 0.00000144. The van der Waals surface area contributed by atoms with Gasteiger partial charge in [0.25, 0.3) is 0 Å². The first-order valence-electron chi connectivity index (χ1n) is 5.81. The zero-order chi connectivity index (χ0) is 11.6. The van der Waals surface area contributed by atoms with E-state index in [1.165, 1.54) is 5.56 Å². The van der Waals surface area contributed by atoms with E-state index in [1.54, 1.807) is 0 Å². The van der Waals surface area contributed by atoms with E-state index >= 15 is 0 Å². The Morgan fingerprint density at radius 1 is 1.35 bits per heavy atom. The molecule has 2 nitrogen and oxygen atoms in total. The van der Waals surface area contributed by atoms with E-state index in [-0.39, 0.29) is 17.2 Å². The fourth-order valence-electron chi connectivity index (χ4n) is 2.46. The normalized spacial score (nSPS) is 29.7. The lowest BCUT2D eigenvalue weighted by molar-refractivity contribution is 0.278. The van der Waals surface area contributed by atoms with Crippen molar-refractivity contribution in [2.75, 3.05) is 25.9 Å². The van der Waals surface area contributed by atoms with E-state index < -0.39 is 11.2 Å². The number of halogens is 1. The van der Waals surface area contributed by atoms with E-state index in [2.05, 4.69) is 31.0 Å². The lowest BCUT2D eigenvalue weighted by Gasteiger charge is -2.42. The lowest BCUT2D eigenvalue weighted by atomic mass is 9.94. The van der Waals surface area contributed by atoms with Crippen molar-refractivity contribution >= 4 is 23.6 Å². The third kappa shape index (κ3) is 2.79. The van der Waals surface area contributed by atoms with E-state index in [0.29, 0.717) is 0 Å². The van der Waals surface area contributed by atoms with Crippen LogP contribution in [0.1, 0.15) is 18.9 Å². The highest BCUT2D eigenvalue weighted by molar-refractivity contribution is 7.92. The largest absolute Gasteiger partial charge is 0.616 e. The zero-order valence-corrected chi connectivity index (χ0v) is 12.0. The molecule has 4 heteroatoms. The van der Waals surface area contributed by atoms with Crippen LogP contribution in [0.5, 0.6) is 0 Å². The summed E-state index contributed by atoms with van der Waals surface area (Å²) in [6, 6.07) is 10.3. The fraction of sp³-hybridized carbons (Fsp3) is 0.538. The number of hydrogen-bond acceptors (Lipinski definition) is 2. The van der Waals surface area contributed by atoms with Crippen LogP contribution in [0.2, 0.25) is 0 Å². The number of likely N-dealkylation sites (N-methyl/N-ethyl adjacent to an activating group) is 1. The second-order valence-corrected chi connectivity index (χ2v) is 6.38. The molecule has 0 aromatic heterocycles. The van der Waals surface area contributed by atoms with Crippen molar-refractivity contribution in [1.29, 1.82) is 0 Å². The molecule has 0 aliphatic carbocycles. The first-order valence-corrected chi connectivity index (χ1v) is 7.13. The molecule has 0 spiro atoms. The lowest BCUT2D eigenvalue weighted by Crippen LogP contribution is -2.52. The summed E-state index contributed by atoms with van der Waals surface area (Å²) in [6.45, 7) is 3.99. The minimum atomic E-state index is -0.750. The number of rotatable bonds is 2. The standard InChI is InChI=1S/C13H19NOS.ClH/c1-3-13(12-7-5-4-6-8-12)11-14(2)9-10-16(13)15;/h4-8H,3,9-11H2,1-2H3;1H/t13-,16+;/m0./s1. The minimum Gasteiger partial charge on any atom is -0.616 e. The number of hydrogen-bond donors (Lipinski definition) is 0. The second kappa shape index (κ2) is 6.10. The van der Waals surface area contributed by atoms with Crippen molar-refractivity contribution in [2.45, 2.75) is 18.1 Å². The van der Waals surface area contributed by atoms with Gasteiger partial charge in [0.1, 0.15) is 5.75 Å². The van der Waals surface area contributed by atoms with Gasteiger partial charge in [0.05, 0.1) is 6.54 Å². The van der Waals surface area contributed by atoms with Crippen molar-refractivity contribution in [3.05, 3.63) is 35.9 Å². The number of nitrogens with zero attached hydrogens (tertiary/aromatic N) is 1.